The molecule has 0 spiro atoms. The predicted molar refractivity (Wildman–Crippen MR) is 44.9 cm³/mol. The molecule has 0 unspecified atom stereocenters. The second-order valence-electron chi connectivity index (χ2n) is 2.22. The van der Waals surface area contributed by atoms with Gasteiger partial charge in [0.05, 0.1) is 5.69 Å². The van der Waals surface area contributed by atoms with Crippen LogP contribution in [-0.4, -0.2) is 7.05 Å². The van der Waals surface area contributed by atoms with Crippen molar-refractivity contribution in [3.63, 3.8) is 0 Å². The topological polar surface area (TPSA) is 33.3 Å². The summed E-state index contributed by atoms with van der Waals surface area (Å²) in [6, 6.07) is 7.91. The molecule has 0 heterocycles. The molecule has 1 aromatic rings. The van der Waals surface area contributed by atoms with Gasteiger partial charge in [-0.25, -0.2) is 5.48 Å². The van der Waals surface area contributed by atoms with E-state index in [0.717, 1.165) is 11.3 Å². The Kier molecular flexibility index (Phi) is 2.89. The van der Waals surface area contributed by atoms with Crippen molar-refractivity contribution < 1.29 is 4.94 Å². The van der Waals surface area contributed by atoms with Gasteiger partial charge in [0.25, 0.3) is 0 Å². The third-order valence-electron chi connectivity index (χ3n) is 1.41. The molecule has 60 valence electrons. The molecule has 2 N–H and O–H groups in total. The Labute approximate surface area is 66.3 Å². The number of aryl methyl sites for hydroxylation is 1. The molecule has 0 aliphatic rings. The molecule has 0 bridgehead atoms. The number of nitrogens with one attached hydrogen (secondary N) is 2. The number of anilines is 1. The van der Waals surface area contributed by atoms with Gasteiger partial charge >= 0.3 is 0 Å². The van der Waals surface area contributed by atoms with Crippen molar-refractivity contribution in [1.29, 1.82) is 0 Å². The van der Waals surface area contributed by atoms with Crippen molar-refractivity contribution in [2.24, 2.45) is 0 Å². The van der Waals surface area contributed by atoms with Crippen LogP contribution in [0.2, 0.25) is 0 Å². The number of benzene rings is 1. The first kappa shape index (κ1) is 8.04. The summed E-state index contributed by atoms with van der Waals surface area (Å²) in [5.74, 6) is 0. The Morgan fingerprint density at radius 2 is 2.00 bits per heavy atom. The molecule has 3 heteroatoms. The van der Waals surface area contributed by atoms with Crippen LogP contribution in [0.3, 0.4) is 0 Å². The highest BCUT2D eigenvalue weighted by Crippen LogP contribution is 2.11. The second kappa shape index (κ2) is 3.95. The van der Waals surface area contributed by atoms with Crippen LogP contribution < -0.4 is 11.0 Å². The molecule has 0 aliphatic carbocycles. The van der Waals surface area contributed by atoms with Gasteiger partial charge in [-0.3, -0.25) is 0 Å². The van der Waals surface area contributed by atoms with Crippen molar-refractivity contribution in [2.45, 2.75) is 6.92 Å². The first-order chi connectivity index (χ1) is 5.34. The summed E-state index contributed by atoms with van der Waals surface area (Å²) in [4.78, 5) is 4.80. The van der Waals surface area contributed by atoms with Gasteiger partial charge in [0, 0.05) is 7.05 Å². The standard InChI is InChI=1S/C8H12N2O/c1-7-5-3-4-6-8(7)10-11-9-2/h3-6,9-10H,1-2H3. The van der Waals surface area contributed by atoms with E-state index in [4.69, 9.17) is 4.94 Å². The minimum absolute atomic E-state index is 0.974. The van der Waals surface area contributed by atoms with E-state index in [1.165, 1.54) is 0 Å². The van der Waals surface area contributed by atoms with Crippen molar-refractivity contribution >= 4 is 5.69 Å². The van der Waals surface area contributed by atoms with Crippen LogP contribution in [0.5, 0.6) is 0 Å². The molecule has 0 aromatic heterocycles. The first-order valence-corrected chi connectivity index (χ1v) is 3.49. The number of para-hydroxylation sites is 1. The van der Waals surface area contributed by atoms with Gasteiger partial charge < -0.3 is 0 Å². The zero-order valence-electron chi connectivity index (χ0n) is 6.72. The van der Waals surface area contributed by atoms with Crippen LogP contribution >= 0.6 is 0 Å². The van der Waals surface area contributed by atoms with E-state index in [9.17, 15) is 0 Å². The molecule has 0 fully saturated rings. The Bertz CT molecular complexity index is 225. The Balaban J connectivity index is 2.62. The minimum atomic E-state index is 0.974. The van der Waals surface area contributed by atoms with E-state index in [1.807, 2.05) is 31.2 Å². The van der Waals surface area contributed by atoms with Crippen LogP contribution in [0.15, 0.2) is 24.3 Å². The highest BCUT2D eigenvalue weighted by atomic mass is 16.8. The van der Waals surface area contributed by atoms with Crippen LogP contribution in [0.1, 0.15) is 5.56 Å². The zero-order valence-corrected chi connectivity index (χ0v) is 6.72. The smallest absolute Gasteiger partial charge is 0.0652 e. The van der Waals surface area contributed by atoms with Crippen molar-refractivity contribution in [3.8, 4) is 0 Å². The fourth-order valence-electron chi connectivity index (χ4n) is 0.793. The summed E-state index contributed by atoms with van der Waals surface area (Å²) >= 11 is 0. The molecule has 0 atom stereocenters. The fraction of sp³-hybridized carbons (Fsp3) is 0.250. The van der Waals surface area contributed by atoms with Gasteiger partial charge in [0.2, 0.25) is 0 Å². The van der Waals surface area contributed by atoms with E-state index < -0.39 is 0 Å². The monoisotopic (exact) mass is 152 g/mol. The number of hydrogen-bond donors (Lipinski definition) is 2. The lowest BCUT2D eigenvalue weighted by Gasteiger charge is -2.06. The van der Waals surface area contributed by atoms with Crippen molar-refractivity contribution in [1.82, 2.24) is 5.48 Å². The third kappa shape index (κ3) is 2.22. The normalized spacial score (nSPS) is 9.64. The maximum absolute atomic E-state index is 4.80. The fourth-order valence-corrected chi connectivity index (χ4v) is 0.793. The van der Waals surface area contributed by atoms with E-state index in [-0.39, 0.29) is 0 Å². The number of hydrogen-bond acceptors (Lipinski definition) is 3. The average molecular weight is 152 g/mol. The second-order valence-corrected chi connectivity index (χ2v) is 2.22. The summed E-state index contributed by atoms with van der Waals surface area (Å²) in [7, 11) is 1.70. The molecule has 0 saturated heterocycles. The number of rotatable bonds is 3. The van der Waals surface area contributed by atoms with Gasteiger partial charge in [0.15, 0.2) is 0 Å². The quantitative estimate of drug-likeness (QED) is 0.643. The highest BCUT2D eigenvalue weighted by molar-refractivity contribution is 5.48. The van der Waals surface area contributed by atoms with Crippen molar-refractivity contribution in [3.05, 3.63) is 29.8 Å². The van der Waals surface area contributed by atoms with Gasteiger partial charge in [-0.1, -0.05) is 18.2 Å². The van der Waals surface area contributed by atoms with E-state index >= 15 is 0 Å². The lowest BCUT2D eigenvalue weighted by molar-refractivity contribution is 0.109. The Morgan fingerprint density at radius 1 is 1.27 bits per heavy atom. The summed E-state index contributed by atoms with van der Waals surface area (Å²) in [5.41, 5.74) is 7.41. The van der Waals surface area contributed by atoms with Crippen LogP contribution in [0, 0.1) is 6.92 Å². The molecule has 1 rings (SSSR count). The molecule has 0 saturated carbocycles. The highest BCUT2D eigenvalue weighted by Gasteiger charge is 1.92. The molecule has 1 aromatic carbocycles. The molecular formula is C8H12N2O. The lowest BCUT2D eigenvalue weighted by atomic mass is 10.2. The molecular weight excluding hydrogens is 140 g/mol. The average Bonchev–Trinajstić information content (AvgIpc) is 2.03. The van der Waals surface area contributed by atoms with Gasteiger partial charge in [-0.05, 0) is 18.6 Å². The van der Waals surface area contributed by atoms with E-state index in [2.05, 4.69) is 11.0 Å². The third-order valence-corrected chi connectivity index (χ3v) is 1.41. The summed E-state index contributed by atoms with van der Waals surface area (Å²) < 4.78 is 0. The largest absolute Gasteiger partial charge is 0.248 e. The number of hydroxylamine groups is 1. The zero-order chi connectivity index (χ0) is 8.10. The molecule has 0 amide bonds. The summed E-state index contributed by atoms with van der Waals surface area (Å²) in [6.07, 6.45) is 0. The van der Waals surface area contributed by atoms with E-state index in [0.29, 0.717) is 0 Å². The van der Waals surface area contributed by atoms with Gasteiger partial charge in [0.1, 0.15) is 0 Å². The van der Waals surface area contributed by atoms with Crippen molar-refractivity contribution in [2.75, 3.05) is 12.5 Å². The Hall–Kier alpha value is -1.06. The SMILES string of the molecule is CNONc1ccccc1C. The van der Waals surface area contributed by atoms with Crippen LogP contribution in [0.25, 0.3) is 0 Å². The maximum Gasteiger partial charge on any atom is 0.0652 e. The van der Waals surface area contributed by atoms with Gasteiger partial charge in [-0.2, -0.15) is 10.4 Å². The molecule has 11 heavy (non-hydrogen) atoms. The maximum atomic E-state index is 4.80. The predicted octanol–water partition coefficient (Wildman–Crippen LogP) is 1.47. The van der Waals surface area contributed by atoms with Crippen LogP contribution in [0.4, 0.5) is 5.69 Å². The van der Waals surface area contributed by atoms with Gasteiger partial charge in [-0.15, -0.1) is 0 Å². The first-order valence-electron chi connectivity index (χ1n) is 3.49. The summed E-state index contributed by atoms with van der Waals surface area (Å²) in [5, 5.41) is 0. The Morgan fingerprint density at radius 3 is 2.64 bits per heavy atom. The minimum Gasteiger partial charge on any atom is -0.248 e. The summed E-state index contributed by atoms with van der Waals surface area (Å²) in [6.45, 7) is 2.02. The molecule has 3 nitrogen and oxygen atoms in total. The van der Waals surface area contributed by atoms with E-state index in [1.54, 1.807) is 7.05 Å². The lowest BCUT2D eigenvalue weighted by Crippen LogP contribution is -2.13. The molecule has 0 aliphatic heterocycles. The van der Waals surface area contributed by atoms with Crippen LogP contribution in [-0.2, 0) is 4.94 Å². The molecule has 0 radical (unpaired) electrons.